The van der Waals surface area contributed by atoms with Gasteiger partial charge in [0.2, 0.25) is 0 Å². The third-order valence-electron chi connectivity index (χ3n) is 13.4. The molecule has 0 amide bonds. The van der Waals surface area contributed by atoms with Gasteiger partial charge in [0.1, 0.15) is 19.8 Å². The molecule has 0 rings (SSSR count). The van der Waals surface area contributed by atoms with E-state index in [9.17, 15) is 19.0 Å². The fourth-order valence-corrected chi connectivity index (χ4v) is 9.33. The number of carbonyl (C=O) groups excluding carboxylic acids is 2. The number of unbranched alkanes of at least 4 members (excludes halogenated alkanes) is 29. The summed E-state index contributed by atoms with van der Waals surface area (Å²) in [7, 11) is 1.16. The summed E-state index contributed by atoms with van der Waals surface area (Å²) in [6.45, 7) is 4.06. The molecule has 0 aliphatic rings. The zero-order chi connectivity index (χ0) is 55.6. The van der Waals surface area contributed by atoms with Crippen molar-refractivity contribution >= 4 is 19.8 Å². The first-order valence-electron chi connectivity index (χ1n) is 31.3. The van der Waals surface area contributed by atoms with E-state index in [1.54, 1.807) is 0 Å². The van der Waals surface area contributed by atoms with Crippen LogP contribution in [-0.4, -0.2) is 70.0 Å². The molecule has 0 N–H and O–H groups in total. The van der Waals surface area contributed by atoms with Crippen LogP contribution in [0.1, 0.15) is 271 Å². The van der Waals surface area contributed by atoms with Crippen LogP contribution in [0.4, 0.5) is 0 Å². The molecule has 440 valence electrons. The molecule has 76 heavy (non-hydrogen) atoms. The molecule has 10 heteroatoms. The largest absolute Gasteiger partial charge is 0.756 e. The van der Waals surface area contributed by atoms with Crippen LogP contribution in [0.2, 0.25) is 0 Å². The Hall–Kier alpha value is -2.81. The summed E-state index contributed by atoms with van der Waals surface area (Å²) in [6.07, 6.45) is 76.7. The van der Waals surface area contributed by atoms with Crippen molar-refractivity contribution < 1.29 is 42.1 Å². The lowest BCUT2D eigenvalue weighted by Gasteiger charge is -2.28. The monoisotopic (exact) mass is 1080 g/mol. The van der Waals surface area contributed by atoms with Crippen molar-refractivity contribution in [2.24, 2.45) is 0 Å². The Kier molecular flexibility index (Phi) is 54.8. The molecule has 0 saturated heterocycles. The molecule has 0 bridgehead atoms. The van der Waals surface area contributed by atoms with E-state index in [0.29, 0.717) is 23.9 Å². The minimum Gasteiger partial charge on any atom is -0.756 e. The highest BCUT2D eigenvalue weighted by Crippen LogP contribution is 2.38. The topological polar surface area (TPSA) is 111 Å². The van der Waals surface area contributed by atoms with Gasteiger partial charge in [-0.3, -0.25) is 14.2 Å². The van der Waals surface area contributed by atoms with Crippen LogP contribution >= 0.6 is 7.82 Å². The normalized spacial score (nSPS) is 13.8. The molecule has 2 atom stereocenters. The lowest BCUT2D eigenvalue weighted by atomic mass is 10.0. The molecule has 0 aromatic heterocycles. The standard InChI is InChI=1S/C66H118NO8P/c1-6-8-10-12-14-16-18-20-21-22-23-24-25-26-27-28-29-30-31-32-33-34-35-36-37-38-39-40-41-42-43-44-45-47-49-51-53-55-57-59-66(69)75-64(63-74-76(70,71)73-61-60-67(3,4)5)62-72-65(68)58-56-54-52-50-48-46-19-17-15-13-11-9-7-2/h8,10-11,13-14,16-17,19-21,23-24,26-27,64H,6-7,9,12,15,18,22,25,28-63H2,1-5H3/b10-8-,13-11-,16-14-,19-17-,21-20-,24-23-,27-26-. The van der Waals surface area contributed by atoms with E-state index >= 15 is 0 Å². The van der Waals surface area contributed by atoms with Gasteiger partial charge in [-0.15, -0.1) is 0 Å². The van der Waals surface area contributed by atoms with Gasteiger partial charge in [0.15, 0.2) is 6.10 Å². The van der Waals surface area contributed by atoms with Gasteiger partial charge < -0.3 is 27.9 Å². The number of quaternary nitrogens is 1. The summed E-state index contributed by atoms with van der Waals surface area (Å²) in [5.74, 6) is -0.844. The van der Waals surface area contributed by atoms with Gasteiger partial charge in [0, 0.05) is 12.8 Å². The highest BCUT2D eigenvalue weighted by atomic mass is 31.2. The van der Waals surface area contributed by atoms with Gasteiger partial charge in [-0.05, 0) is 83.5 Å². The second-order valence-electron chi connectivity index (χ2n) is 22.0. The van der Waals surface area contributed by atoms with E-state index in [2.05, 4.69) is 98.9 Å². The lowest BCUT2D eigenvalue weighted by Crippen LogP contribution is -2.37. The van der Waals surface area contributed by atoms with Crippen molar-refractivity contribution in [3.8, 4) is 0 Å². The minimum absolute atomic E-state index is 0.0340. The Morgan fingerprint density at radius 2 is 0.750 bits per heavy atom. The van der Waals surface area contributed by atoms with Crippen LogP contribution in [0.15, 0.2) is 85.1 Å². The Morgan fingerprint density at radius 3 is 1.12 bits per heavy atom. The maximum absolute atomic E-state index is 12.8. The first-order chi connectivity index (χ1) is 37.0. The number of hydrogen-bond acceptors (Lipinski definition) is 8. The van der Waals surface area contributed by atoms with E-state index in [1.807, 2.05) is 21.1 Å². The number of allylic oxidation sites excluding steroid dienone is 14. The number of phosphoric ester groups is 1. The number of likely N-dealkylation sites (N-methyl/N-ethyl adjacent to an activating group) is 1. The fraction of sp³-hybridized carbons (Fsp3) is 0.758. The highest BCUT2D eigenvalue weighted by molar-refractivity contribution is 7.45. The molecule has 0 aromatic rings. The summed E-state index contributed by atoms with van der Waals surface area (Å²) in [4.78, 5) is 37.8. The van der Waals surface area contributed by atoms with E-state index in [-0.39, 0.29) is 26.1 Å². The fourth-order valence-electron chi connectivity index (χ4n) is 8.60. The number of phosphoric acid groups is 1. The van der Waals surface area contributed by atoms with Crippen LogP contribution in [0.3, 0.4) is 0 Å². The maximum Gasteiger partial charge on any atom is 0.306 e. The SMILES string of the molecule is CC/C=C\C/C=C\C/C=C\C/C=C\C/C=C\CCCCCCCCCCCCCCCCCCCCCCCCCC(=O)OC(COC(=O)CCCCCCC/C=C\C/C=C\CCC)COP(=O)([O-])OCC[N+](C)(C)C. The molecule has 0 aliphatic heterocycles. The second kappa shape index (κ2) is 56.9. The first-order valence-corrected chi connectivity index (χ1v) is 32.8. The van der Waals surface area contributed by atoms with Crippen molar-refractivity contribution in [3.05, 3.63) is 85.1 Å². The number of carbonyl (C=O) groups is 2. The predicted octanol–water partition coefficient (Wildman–Crippen LogP) is 19.2. The number of hydrogen-bond donors (Lipinski definition) is 0. The van der Waals surface area contributed by atoms with Crippen molar-refractivity contribution in [3.63, 3.8) is 0 Å². The molecule has 0 heterocycles. The zero-order valence-electron chi connectivity index (χ0n) is 49.9. The molecule has 0 aromatic carbocycles. The maximum atomic E-state index is 12.8. The van der Waals surface area contributed by atoms with Crippen molar-refractivity contribution in [2.75, 3.05) is 47.5 Å². The summed E-state index contributed by atoms with van der Waals surface area (Å²) in [6, 6.07) is 0. The van der Waals surface area contributed by atoms with Crippen LogP contribution in [-0.2, 0) is 32.7 Å². The lowest BCUT2D eigenvalue weighted by molar-refractivity contribution is -0.870. The molecule has 0 radical (unpaired) electrons. The van der Waals surface area contributed by atoms with Crippen molar-refractivity contribution in [1.82, 2.24) is 0 Å². The van der Waals surface area contributed by atoms with E-state index in [0.717, 1.165) is 96.3 Å². The van der Waals surface area contributed by atoms with Gasteiger partial charge in [-0.2, -0.15) is 0 Å². The molecule has 9 nitrogen and oxygen atoms in total. The van der Waals surface area contributed by atoms with Crippen LogP contribution < -0.4 is 4.89 Å². The average Bonchev–Trinajstić information content (AvgIpc) is 3.38. The Balaban J connectivity index is 3.91. The third-order valence-corrected chi connectivity index (χ3v) is 14.3. The van der Waals surface area contributed by atoms with Gasteiger partial charge >= 0.3 is 11.9 Å². The summed E-state index contributed by atoms with van der Waals surface area (Å²) in [5.41, 5.74) is 0. The smallest absolute Gasteiger partial charge is 0.306 e. The van der Waals surface area contributed by atoms with Crippen molar-refractivity contribution in [1.29, 1.82) is 0 Å². The molecule has 0 fully saturated rings. The van der Waals surface area contributed by atoms with Crippen molar-refractivity contribution in [2.45, 2.75) is 277 Å². The second-order valence-corrected chi connectivity index (χ2v) is 23.4. The van der Waals surface area contributed by atoms with Crippen LogP contribution in [0, 0.1) is 0 Å². The quantitative estimate of drug-likeness (QED) is 0.0195. The number of esters is 2. The van der Waals surface area contributed by atoms with Gasteiger partial charge in [-0.1, -0.05) is 259 Å². The summed E-state index contributed by atoms with van der Waals surface area (Å²) >= 11 is 0. The van der Waals surface area contributed by atoms with Crippen LogP contribution in [0.5, 0.6) is 0 Å². The predicted molar refractivity (Wildman–Crippen MR) is 323 cm³/mol. The van der Waals surface area contributed by atoms with Crippen LogP contribution in [0.25, 0.3) is 0 Å². The number of rotatable bonds is 57. The Morgan fingerprint density at radius 1 is 0.421 bits per heavy atom. The van der Waals surface area contributed by atoms with Gasteiger partial charge in [0.05, 0.1) is 27.7 Å². The molecular formula is C66H118NO8P. The molecule has 0 spiro atoms. The third kappa shape index (κ3) is 60.4. The summed E-state index contributed by atoms with van der Waals surface area (Å²) in [5, 5.41) is 0. The number of ether oxygens (including phenoxy) is 2. The van der Waals surface area contributed by atoms with Gasteiger partial charge in [-0.25, -0.2) is 0 Å². The zero-order valence-corrected chi connectivity index (χ0v) is 50.8. The van der Waals surface area contributed by atoms with E-state index in [1.165, 1.54) is 135 Å². The summed E-state index contributed by atoms with van der Waals surface area (Å²) < 4.78 is 34.1. The highest BCUT2D eigenvalue weighted by Gasteiger charge is 2.22. The minimum atomic E-state index is -4.64. The first kappa shape index (κ1) is 73.2. The van der Waals surface area contributed by atoms with Gasteiger partial charge in [0.25, 0.3) is 7.82 Å². The Labute approximate surface area is 469 Å². The molecule has 0 aliphatic carbocycles. The van der Waals surface area contributed by atoms with E-state index in [4.69, 9.17) is 18.5 Å². The molecule has 0 saturated carbocycles. The average molecular weight is 1080 g/mol. The van der Waals surface area contributed by atoms with E-state index < -0.39 is 32.5 Å². The Bertz CT molecular complexity index is 1560. The molecular weight excluding hydrogens is 966 g/mol. The number of nitrogens with zero attached hydrogens (tertiary/aromatic N) is 1. The molecule has 2 unspecified atom stereocenters.